The maximum atomic E-state index is 14.8. The Labute approximate surface area is 181 Å². The lowest BCUT2D eigenvalue weighted by Gasteiger charge is -2.37. The highest BCUT2D eigenvalue weighted by atomic mass is 19.1. The van der Waals surface area contributed by atoms with Crippen LogP contribution in [0.5, 0.6) is 11.5 Å². The molecular weight excluding hydrogens is 395 g/mol. The molecule has 0 spiro atoms. The molecule has 0 aliphatic carbocycles. The number of benzene rings is 2. The van der Waals surface area contributed by atoms with E-state index in [2.05, 4.69) is 4.98 Å². The number of hydrogen-bond donors (Lipinski definition) is 0. The predicted octanol–water partition coefficient (Wildman–Crippen LogP) is 5.16. The molecule has 6 heteroatoms. The largest absolute Gasteiger partial charge is 0.496 e. The van der Waals surface area contributed by atoms with Crippen LogP contribution in [-0.4, -0.2) is 30.0 Å². The van der Waals surface area contributed by atoms with Crippen molar-refractivity contribution in [1.82, 2.24) is 9.88 Å². The predicted molar refractivity (Wildman–Crippen MR) is 116 cm³/mol. The van der Waals surface area contributed by atoms with Crippen LogP contribution in [0.1, 0.15) is 36.4 Å². The van der Waals surface area contributed by atoms with Gasteiger partial charge in [0.15, 0.2) is 0 Å². The van der Waals surface area contributed by atoms with Crippen LogP contribution >= 0.6 is 0 Å². The first kappa shape index (κ1) is 20.8. The Bertz CT molecular complexity index is 1050. The molecule has 2 heterocycles. The molecule has 1 fully saturated rings. The average molecular weight is 420 g/mol. The molecule has 4 rings (SSSR count). The van der Waals surface area contributed by atoms with Crippen LogP contribution in [0.4, 0.5) is 4.39 Å². The first-order valence-electron chi connectivity index (χ1n) is 10.3. The molecule has 0 N–H and O–H groups in total. The summed E-state index contributed by atoms with van der Waals surface area (Å²) < 4.78 is 25.9. The highest BCUT2D eigenvalue weighted by molar-refractivity contribution is 5.78. The zero-order valence-electron chi connectivity index (χ0n) is 17.7. The third-order valence-corrected chi connectivity index (χ3v) is 5.71. The summed E-state index contributed by atoms with van der Waals surface area (Å²) in [5.74, 6) is 0.967. The van der Waals surface area contributed by atoms with Gasteiger partial charge in [-0.2, -0.15) is 0 Å². The Balaban J connectivity index is 1.72. The minimum Gasteiger partial charge on any atom is -0.496 e. The third-order valence-electron chi connectivity index (χ3n) is 5.71. The fraction of sp³-hybridized carbons (Fsp3) is 0.280. The number of pyridine rings is 1. The van der Waals surface area contributed by atoms with Gasteiger partial charge in [-0.25, -0.2) is 4.39 Å². The quantitative estimate of drug-likeness (QED) is 0.553. The lowest BCUT2D eigenvalue weighted by atomic mass is 9.92. The Morgan fingerprint density at radius 1 is 1.06 bits per heavy atom. The number of likely N-dealkylation sites (tertiary alicyclic amines) is 1. The first-order chi connectivity index (χ1) is 15.1. The molecule has 1 aromatic heterocycles. The van der Waals surface area contributed by atoms with Gasteiger partial charge < -0.3 is 14.4 Å². The summed E-state index contributed by atoms with van der Waals surface area (Å²) in [7, 11) is 3.20. The van der Waals surface area contributed by atoms with E-state index in [0.29, 0.717) is 23.5 Å². The van der Waals surface area contributed by atoms with Gasteiger partial charge in [0, 0.05) is 30.3 Å². The van der Waals surface area contributed by atoms with Crippen LogP contribution in [0.3, 0.4) is 0 Å². The summed E-state index contributed by atoms with van der Waals surface area (Å²) in [6.07, 6.45) is 3.66. The second-order valence-corrected chi connectivity index (χ2v) is 7.53. The van der Waals surface area contributed by atoms with E-state index in [-0.39, 0.29) is 24.3 Å². The number of halogens is 1. The van der Waals surface area contributed by atoms with E-state index in [1.165, 1.54) is 6.07 Å². The normalized spacial score (nSPS) is 16.3. The van der Waals surface area contributed by atoms with Crippen molar-refractivity contribution in [2.45, 2.75) is 31.8 Å². The van der Waals surface area contributed by atoms with E-state index in [1.54, 1.807) is 37.4 Å². The topological polar surface area (TPSA) is 51.7 Å². The van der Waals surface area contributed by atoms with Crippen molar-refractivity contribution >= 4 is 5.91 Å². The van der Waals surface area contributed by atoms with Crippen molar-refractivity contribution in [1.29, 1.82) is 0 Å². The second kappa shape index (κ2) is 9.16. The molecule has 1 atom stereocenters. The Morgan fingerprint density at radius 2 is 1.84 bits per heavy atom. The standard InChI is InChI=1S/C25H25FN2O3/c1-30-22-9-6-10-23(31-2)25(22)21-8-5-11-24(29)28(21)16-18-15-17(12-13-19(18)26)20-7-3-4-14-27-20/h3-4,6-7,9-10,12-15,21H,5,8,11,16H2,1-2H3. The fourth-order valence-corrected chi connectivity index (χ4v) is 4.20. The van der Waals surface area contributed by atoms with Crippen molar-refractivity contribution in [2.24, 2.45) is 0 Å². The van der Waals surface area contributed by atoms with Crippen LogP contribution in [0.2, 0.25) is 0 Å². The Morgan fingerprint density at radius 3 is 2.52 bits per heavy atom. The molecule has 31 heavy (non-hydrogen) atoms. The van der Waals surface area contributed by atoms with Crippen LogP contribution in [-0.2, 0) is 11.3 Å². The minimum atomic E-state index is -0.344. The number of nitrogens with zero attached hydrogens (tertiary/aromatic N) is 2. The zero-order chi connectivity index (χ0) is 21.8. The lowest BCUT2D eigenvalue weighted by molar-refractivity contribution is -0.137. The molecule has 1 aliphatic rings. The van der Waals surface area contributed by atoms with Gasteiger partial charge in [0.25, 0.3) is 0 Å². The Hall–Kier alpha value is -3.41. The third kappa shape index (κ3) is 4.24. The zero-order valence-corrected chi connectivity index (χ0v) is 17.7. The van der Waals surface area contributed by atoms with Crippen molar-refractivity contribution in [2.75, 3.05) is 14.2 Å². The van der Waals surface area contributed by atoms with Gasteiger partial charge in [0.2, 0.25) is 5.91 Å². The van der Waals surface area contributed by atoms with E-state index in [0.717, 1.165) is 29.7 Å². The number of piperidine rings is 1. The van der Waals surface area contributed by atoms with Gasteiger partial charge in [-0.15, -0.1) is 0 Å². The maximum absolute atomic E-state index is 14.8. The van der Waals surface area contributed by atoms with Crippen LogP contribution in [0.25, 0.3) is 11.3 Å². The van der Waals surface area contributed by atoms with E-state index >= 15 is 0 Å². The molecule has 3 aromatic rings. The molecule has 1 saturated heterocycles. The van der Waals surface area contributed by atoms with E-state index in [1.807, 2.05) is 36.4 Å². The van der Waals surface area contributed by atoms with E-state index < -0.39 is 0 Å². The second-order valence-electron chi connectivity index (χ2n) is 7.53. The van der Waals surface area contributed by atoms with Crippen LogP contribution in [0.15, 0.2) is 60.8 Å². The van der Waals surface area contributed by atoms with Gasteiger partial charge >= 0.3 is 0 Å². The molecule has 0 radical (unpaired) electrons. The van der Waals surface area contributed by atoms with Crippen molar-refractivity contribution in [3.63, 3.8) is 0 Å². The minimum absolute atomic E-state index is 0.00755. The van der Waals surface area contributed by atoms with E-state index in [4.69, 9.17) is 9.47 Å². The van der Waals surface area contributed by atoms with Crippen molar-refractivity contribution in [3.05, 3.63) is 77.7 Å². The molecule has 1 aliphatic heterocycles. The summed E-state index contributed by atoms with van der Waals surface area (Å²) in [6, 6.07) is 15.8. The first-order valence-corrected chi connectivity index (χ1v) is 10.3. The maximum Gasteiger partial charge on any atom is 0.223 e. The van der Waals surface area contributed by atoms with Gasteiger partial charge in [0.1, 0.15) is 17.3 Å². The molecule has 1 unspecified atom stereocenters. The van der Waals surface area contributed by atoms with Crippen molar-refractivity contribution < 1.29 is 18.7 Å². The summed E-state index contributed by atoms with van der Waals surface area (Å²) in [5.41, 5.74) is 2.85. The number of carbonyl (C=O) groups is 1. The number of ether oxygens (including phenoxy) is 2. The average Bonchev–Trinajstić information content (AvgIpc) is 2.81. The highest BCUT2D eigenvalue weighted by Crippen LogP contribution is 2.42. The summed E-state index contributed by atoms with van der Waals surface area (Å²) >= 11 is 0. The molecular formula is C25H25FN2O3. The monoisotopic (exact) mass is 420 g/mol. The van der Waals surface area contributed by atoms with Crippen LogP contribution < -0.4 is 9.47 Å². The van der Waals surface area contributed by atoms with Gasteiger partial charge in [-0.1, -0.05) is 12.1 Å². The van der Waals surface area contributed by atoms with Crippen molar-refractivity contribution in [3.8, 4) is 22.8 Å². The number of rotatable bonds is 6. The molecule has 1 amide bonds. The number of methoxy groups -OCH3 is 2. The summed E-state index contributed by atoms with van der Waals surface area (Å²) in [6.45, 7) is 0.164. The lowest BCUT2D eigenvalue weighted by Crippen LogP contribution is -2.38. The number of hydrogen-bond acceptors (Lipinski definition) is 4. The molecule has 160 valence electrons. The summed E-state index contributed by atoms with van der Waals surface area (Å²) in [4.78, 5) is 19.1. The Kier molecular flexibility index (Phi) is 6.16. The molecule has 5 nitrogen and oxygen atoms in total. The molecule has 0 bridgehead atoms. The summed E-state index contributed by atoms with van der Waals surface area (Å²) in [5, 5.41) is 0. The molecule has 0 saturated carbocycles. The van der Waals surface area contributed by atoms with Gasteiger partial charge in [0.05, 0.1) is 31.5 Å². The number of aromatic nitrogens is 1. The fourth-order valence-electron chi connectivity index (χ4n) is 4.20. The number of carbonyl (C=O) groups excluding carboxylic acids is 1. The van der Waals surface area contributed by atoms with E-state index in [9.17, 15) is 9.18 Å². The van der Waals surface area contributed by atoms with Crippen LogP contribution in [0, 0.1) is 5.82 Å². The smallest absolute Gasteiger partial charge is 0.223 e. The highest BCUT2D eigenvalue weighted by Gasteiger charge is 2.33. The van der Waals surface area contributed by atoms with Gasteiger partial charge in [-0.3, -0.25) is 9.78 Å². The molecule has 2 aromatic carbocycles. The van der Waals surface area contributed by atoms with Gasteiger partial charge in [-0.05, 0) is 55.3 Å². The number of amides is 1. The SMILES string of the molecule is COc1cccc(OC)c1C1CCCC(=O)N1Cc1cc(-c2ccccn2)ccc1F.